The molecule has 1 aromatic heterocycles. The third kappa shape index (κ3) is 3.64. The minimum Gasteiger partial charge on any atom is -0.497 e. The molecule has 0 spiro atoms. The first kappa shape index (κ1) is 17.4. The highest BCUT2D eigenvalue weighted by molar-refractivity contribution is 5.91. The van der Waals surface area contributed by atoms with E-state index in [0.717, 1.165) is 4.57 Å². The number of amides is 1. The van der Waals surface area contributed by atoms with Crippen LogP contribution in [0.5, 0.6) is 11.5 Å². The van der Waals surface area contributed by atoms with E-state index < -0.39 is 17.3 Å². The summed E-state index contributed by atoms with van der Waals surface area (Å²) in [4.78, 5) is 28.7. The highest BCUT2D eigenvalue weighted by Gasteiger charge is 2.10. The van der Waals surface area contributed by atoms with Crippen LogP contribution in [0.15, 0.2) is 47.5 Å². The SMILES string of the molecule is COc1cc(NC(=O)Cn2cnc3cc(F)ccc3c2=O)cc(OC)c1. The Morgan fingerprint density at radius 3 is 2.50 bits per heavy atom. The van der Waals surface area contributed by atoms with Gasteiger partial charge in [-0.3, -0.25) is 14.2 Å². The van der Waals surface area contributed by atoms with Crippen LogP contribution in [0.25, 0.3) is 10.9 Å². The van der Waals surface area contributed by atoms with E-state index >= 15 is 0 Å². The highest BCUT2D eigenvalue weighted by Crippen LogP contribution is 2.25. The summed E-state index contributed by atoms with van der Waals surface area (Å²) in [6.07, 6.45) is 1.22. The van der Waals surface area contributed by atoms with Gasteiger partial charge < -0.3 is 14.8 Å². The molecule has 0 aliphatic carbocycles. The maximum absolute atomic E-state index is 13.2. The van der Waals surface area contributed by atoms with Crippen molar-refractivity contribution < 1.29 is 18.7 Å². The van der Waals surface area contributed by atoms with Crippen molar-refractivity contribution in [3.63, 3.8) is 0 Å². The first-order chi connectivity index (χ1) is 12.5. The molecule has 1 amide bonds. The fourth-order valence-electron chi connectivity index (χ4n) is 2.48. The fourth-order valence-corrected chi connectivity index (χ4v) is 2.48. The number of nitrogens with one attached hydrogen (secondary N) is 1. The molecular formula is C18H16FN3O4. The quantitative estimate of drug-likeness (QED) is 0.757. The summed E-state index contributed by atoms with van der Waals surface area (Å²) < 4.78 is 24.7. The average molecular weight is 357 g/mol. The minimum absolute atomic E-state index is 0.237. The molecule has 7 nitrogen and oxygen atoms in total. The summed E-state index contributed by atoms with van der Waals surface area (Å²) in [5, 5.41) is 2.92. The lowest BCUT2D eigenvalue weighted by molar-refractivity contribution is -0.116. The van der Waals surface area contributed by atoms with E-state index in [0.29, 0.717) is 17.2 Å². The number of nitrogens with zero attached hydrogens (tertiary/aromatic N) is 2. The lowest BCUT2D eigenvalue weighted by Gasteiger charge is -2.11. The molecule has 0 saturated heterocycles. The summed E-state index contributed by atoms with van der Waals surface area (Å²) in [7, 11) is 3.01. The molecule has 0 bridgehead atoms. The number of ether oxygens (including phenoxy) is 2. The summed E-state index contributed by atoms with van der Waals surface area (Å²) in [5.41, 5.74) is 0.285. The van der Waals surface area contributed by atoms with Gasteiger partial charge in [0, 0.05) is 30.0 Å². The van der Waals surface area contributed by atoms with Crippen LogP contribution in [0.1, 0.15) is 0 Å². The molecule has 0 saturated carbocycles. The molecule has 0 unspecified atom stereocenters. The minimum atomic E-state index is -0.480. The topological polar surface area (TPSA) is 82.5 Å². The number of halogens is 1. The maximum atomic E-state index is 13.2. The van der Waals surface area contributed by atoms with Gasteiger partial charge in [-0.2, -0.15) is 0 Å². The van der Waals surface area contributed by atoms with E-state index in [1.807, 2.05) is 0 Å². The van der Waals surface area contributed by atoms with Crippen molar-refractivity contribution in [2.75, 3.05) is 19.5 Å². The van der Waals surface area contributed by atoms with Crippen LogP contribution in [-0.4, -0.2) is 29.7 Å². The van der Waals surface area contributed by atoms with Crippen molar-refractivity contribution in [1.29, 1.82) is 0 Å². The maximum Gasteiger partial charge on any atom is 0.261 e. The average Bonchev–Trinajstić information content (AvgIpc) is 2.63. The number of hydrogen-bond acceptors (Lipinski definition) is 5. The van der Waals surface area contributed by atoms with Crippen LogP contribution in [0.2, 0.25) is 0 Å². The second kappa shape index (κ2) is 7.22. The summed E-state index contributed by atoms with van der Waals surface area (Å²) >= 11 is 0. The number of fused-ring (bicyclic) bond motifs is 1. The number of hydrogen-bond donors (Lipinski definition) is 1. The number of anilines is 1. The van der Waals surface area contributed by atoms with Crippen molar-refractivity contribution >= 4 is 22.5 Å². The van der Waals surface area contributed by atoms with Gasteiger partial charge in [-0.15, -0.1) is 0 Å². The lowest BCUT2D eigenvalue weighted by Crippen LogP contribution is -2.28. The molecule has 134 valence electrons. The first-order valence-corrected chi connectivity index (χ1v) is 7.68. The van der Waals surface area contributed by atoms with Gasteiger partial charge in [0.15, 0.2) is 0 Å². The molecule has 2 aromatic carbocycles. The third-order valence-corrected chi connectivity index (χ3v) is 3.74. The number of aromatic nitrogens is 2. The van der Waals surface area contributed by atoms with Gasteiger partial charge in [0.2, 0.25) is 5.91 Å². The Morgan fingerprint density at radius 1 is 1.15 bits per heavy atom. The van der Waals surface area contributed by atoms with Crippen LogP contribution in [0.3, 0.4) is 0 Å². The molecule has 0 radical (unpaired) electrons. The van der Waals surface area contributed by atoms with Gasteiger partial charge in [0.05, 0.1) is 31.4 Å². The molecule has 0 aliphatic heterocycles. The van der Waals surface area contributed by atoms with Crippen molar-refractivity contribution in [1.82, 2.24) is 9.55 Å². The van der Waals surface area contributed by atoms with Crippen LogP contribution in [-0.2, 0) is 11.3 Å². The molecule has 3 rings (SSSR count). The Bertz CT molecular complexity index is 1010. The molecule has 0 aliphatic rings. The van der Waals surface area contributed by atoms with E-state index in [9.17, 15) is 14.0 Å². The van der Waals surface area contributed by atoms with Gasteiger partial charge in [0.25, 0.3) is 5.56 Å². The van der Waals surface area contributed by atoms with Crippen LogP contribution < -0.4 is 20.3 Å². The largest absolute Gasteiger partial charge is 0.497 e. The van der Waals surface area contributed by atoms with Gasteiger partial charge in [0.1, 0.15) is 23.9 Å². The molecular weight excluding hydrogens is 341 g/mol. The smallest absolute Gasteiger partial charge is 0.261 e. The van der Waals surface area contributed by atoms with E-state index in [1.54, 1.807) is 18.2 Å². The standard InChI is InChI=1S/C18H16FN3O4/c1-25-13-6-12(7-14(8-13)26-2)21-17(23)9-22-10-20-16-5-11(19)3-4-15(16)18(22)24/h3-8,10H,9H2,1-2H3,(H,21,23). The monoisotopic (exact) mass is 357 g/mol. The Morgan fingerprint density at radius 2 is 1.85 bits per heavy atom. The normalized spacial score (nSPS) is 10.6. The summed E-state index contributed by atoms with van der Waals surface area (Å²) in [6, 6.07) is 8.63. The Hall–Kier alpha value is -3.42. The highest BCUT2D eigenvalue weighted by atomic mass is 19.1. The summed E-state index contributed by atoms with van der Waals surface area (Å²) in [6.45, 7) is -0.237. The summed E-state index contributed by atoms with van der Waals surface area (Å²) in [5.74, 6) is 0.134. The molecule has 0 atom stereocenters. The molecule has 1 N–H and O–H groups in total. The molecule has 1 heterocycles. The number of benzene rings is 2. The third-order valence-electron chi connectivity index (χ3n) is 3.74. The zero-order valence-electron chi connectivity index (χ0n) is 14.2. The zero-order chi connectivity index (χ0) is 18.7. The number of methoxy groups -OCH3 is 2. The molecule has 3 aromatic rings. The van der Waals surface area contributed by atoms with E-state index in [2.05, 4.69) is 10.3 Å². The first-order valence-electron chi connectivity index (χ1n) is 7.68. The van der Waals surface area contributed by atoms with E-state index in [1.165, 1.54) is 38.7 Å². The number of carbonyl (C=O) groups is 1. The van der Waals surface area contributed by atoms with Crippen molar-refractivity contribution in [2.45, 2.75) is 6.54 Å². The van der Waals surface area contributed by atoms with Gasteiger partial charge in [-0.25, -0.2) is 9.37 Å². The van der Waals surface area contributed by atoms with Crippen LogP contribution in [0.4, 0.5) is 10.1 Å². The van der Waals surface area contributed by atoms with Gasteiger partial charge in [-0.1, -0.05) is 0 Å². The lowest BCUT2D eigenvalue weighted by atomic mass is 10.2. The van der Waals surface area contributed by atoms with Crippen LogP contribution in [0, 0.1) is 5.82 Å². The van der Waals surface area contributed by atoms with Gasteiger partial charge in [-0.05, 0) is 12.1 Å². The Labute approximate surface area is 148 Å². The number of rotatable bonds is 5. The fraction of sp³-hybridized carbons (Fsp3) is 0.167. The Kier molecular flexibility index (Phi) is 4.83. The molecule has 0 fully saturated rings. The van der Waals surface area contributed by atoms with Crippen molar-refractivity contribution in [3.05, 3.63) is 58.9 Å². The number of carbonyl (C=O) groups excluding carboxylic acids is 1. The van der Waals surface area contributed by atoms with E-state index in [4.69, 9.17) is 9.47 Å². The van der Waals surface area contributed by atoms with Crippen LogP contribution >= 0.6 is 0 Å². The second-order valence-electron chi connectivity index (χ2n) is 5.49. The second-order valence-corrected chi connectivity index (χ2v) is 5.49. The Balaban J connectivity index is 1.82. The van der Waals surface area contributed by atoms with Crippen molar-refractivity contribution in [3.8, 4) is 11.5 Å². The molecule has 8 heteroatoms. The van der Waals surface area contributed by atoms with Crippen molar-refractivity contribution in [2.24, 2.45) is 0 Å². The van der Waals surface area contributed by atoms with E-state index in [-0.39, 0.29) is 17.4 Å². The zero-order valence-corrected chi connectivity index (χ0v) is 14.2. The predicted molar refractivity (Wildman–Crippen MR) is 94.1 cm³/mol. The molecule has 26 heavy (non-hydrogen) atoms. The van der Waals surface area contributed by atoms with Gasteiger partial charge >= 0.3 is 0 Å². The predicted octanol–water partition coefficient (Wildman–Crippen LogP) is 2.19.